The third-order valence-corrected chi connectivity index (χ3v) is 3.16. The van der Waals surface area contributed by atoms with E-state index >= 15 is 0 Å². The van der Waals surface area contributed by atoms with Crippen molar-refractivity contribution in [2.75, 3.05) is 39.9 Å². The summed E-state index contributed by atoms with van der Waals surface area (Å²) in [5.74, 6) is 0.315. The number of nitrogens with one attached hydrogen (secondary N) is 1. The molecule has 2 N–H and O–H groups in total. The van der Waals surface area contributed by atoms with Gasteiger partial charge in [-0.2, -0.15) is 0 Å². The summed E-state index contributed by atoms with van der Waals surface area (Å²) in [5.41, 5.74) is 0. The van der Waals surface area contributed by atoms with Crippen LogP contribution in [-0.4, -0.2) is 61.9 Å². The quantitative estimate of drug-likeness (QED) is 0.638. The Bertz CT molecular complexity index is 236. The molecule has 0 spiro atoms. The second-order valence-corrected chi connectivity index (χ2v) is 4.76. The van der Waals surface area contributed by atoms with Crippen LogP contribution >= 0.6 is 0 Å². The summed E-state index contributed by atoms with van der Waals surface area (Å²) in [5, 5.41) is 12.5. The molecule has 5 heteroatoms. The van der Waals surface area contributed by atoms with Crippen molar-refractivity contribution >= 4 is 5.91 Å². The Balaban J connectivity index is 2.14. The molecule has 2 unspecified atom stereocenters. The molecule has 2 atom stereocenters. The number of ether oxygens (including phenoxy) is 1. The number of carbonyl (C=O) groups excluding carboxylic acids is 1. The van der Waals surface area contributed by atoms with Crippen LogP contribution in [0.2, 0.25) is 0 Å². The van der Waals surface area contributed by atoms with Crippen LogP contribution in [0, 0.1) is 5.92 Å². The van der Waals surface area contributed by atoms with Crippen molar-refractivity contribution in [2.45, 2.75) is 25.9 Å². The Kier molecular flexibility index (Phi) is 6.47. The molecule has 1 aliphatic heterocycles. The second kappa shape index (κ2) is 7.63. The standard InChI is InChI=1S/C12H24N2O3/c1-10-8-14(6-4-11(10)15)9-12(16)13-5-3-7-17-2/h10-11,15H,3-9H2,1-2H3,(H,13,16). The molecule has 1 aliphatic rings. The number of hydrogen-bond donors (Lipinski definition) is 2. The van der Waals surface area contributed by atoms with Crippen molar-refractivity contribution in [3.8, 4) is 0 Å². The van der Waals surface area contributed by atoms with Crippen LogP contribution in [0.4, 0.5) is 0 Å². The number of rotatable bonds is 6. The van der Waals surface area contributed by atoms with E-state index in [-0.39, 0.29) is 17.9 Å². The Morgan fingerprint density at radius 3 is 3.00 bits per heavy atom. The summed E-state index contributed by atoms with van der Waals surface area (Å²) in [6.45, 7) is 5.40. The Morgan fingerprint density at radius 2 is 2.35 bits per heavy atom. The van der Waals surface area contributed by atoms with Gasteiger partial charge in [0.15, 0.2) is 0 Å². The van der Waals surface area contributed by atoms with Gasteiger partial charge in [-0.15, -0.1) is 0 Å². The number of methoxy groups -OCH3 is 1. The fourth-order valence-corrected chi connectivity index (χ4v) is 2.07. The van der Waals surface area contributed by atoms with Gasteiger partial charge in [0.25, 0.3) is 0 Å². The van der Waals surface area contributed by atoms with Crippen molar-refractivity contribution < 1.29 is 14.6 Å². The zero-order valence-corrected chi connectivity index (χ0v) is 10.8. The predicted octanol–water partition coefficient (Wildman–Crippen LogP) is -0.158. The predicted molar refractivity (Wildman–Crippen MR) is 65.7 cm³/mol. The first-order valence-corrected chi connectivity index (χ1v) is 6.29. The van der Waals surface area contributed by atoms with Gasteiger partial charge in [0, 0.05) is 33.4 Å². The van der Waals surface area contributed by atoms with Crippen molar-refractivity contribution in [3.05, 3.63) is 0 Å². The summed E-state index contributed by atoms with van der Waals surface area (Å²) in [6.07, 6.45) is 1.39. The van der Waals surface area contributed by atoms with Gasteiger partial charge in [-0.1, -0.05) is 6.92 Å². The van der Waals surface area contributed by atoms with Gasteiger partial charge >= 0.3 is 0 Å². The van der Waals surface area contributed by atoms with Gasteiger partial charge in [-0.25, -0.2) is 0 Å². The molecular formula is C12H24N2O3. The van der Waals surface area contributed by atoms with Crippen LogP contribution < -0.4 is 5.32 Å². The van der Waals surface area contributed by atoms with Crippen LogP contribution in [0.25, 0.3) is 0 Å². The van der Waals surface area contributed by atoms with Crippen LogP contribution in [0.5, 0.6) is 0 Å². The maximum atomic E-state index is 11.6. The number of likely N-dealkylation sites (tertiary alicyclic amines) is 1. The summed E-state index contributed by atoms with van der Waals surface area (Å²) < 4.78 is 4.91. The van der Waals surface area contributed by atoms with Gasteiger partial charge in [-0.05, 0) is 18.8 Å². The normalized spacial score (nSPS) is 25.8. The zero-order chi connectivity index (χ0) is 12.7. The molecular weight excluding hydrogens is 220 g/mol. The Labute approximate surface area is 103 Å². The van der Waals surface area contributed by atoms with E-state index in [0.717, 1.165) is 25.9 Å². The molecule has 0 aromatic carbocycles. The van der Waals surface area contributed by atoms with E-state index in [4.69, 9.17) is 4.74 Å². The fourth-order valence-electron chi connectivity index (χ4n) is 2.07. The lowest BCUT2D eigenvalue weighted by Gasteiger charge is -2.33. The van der Waals surface area contributed by atoms with E-state index in [1.807, 2.05) is 6.92 Å². The SMILES string of the molecule is COCCCNC(=O)CN1CCC(O)C(C)C1. The van der Waals surface area contributed by atoms with E-state index in [1.54, 1.807) is 7.11 Å². The van der Waals surface area contributed by atoms with Crippen LogP contribution in [0.3, 0.4) is 0 Å². The minimum Gasteiger partial charge on any atom is -0.393 e. The van der Waals surface area contributed by atoms with E-state index < -0.39 is 0 Å². The highest BCUT2D eigenvalue weighted by Crippen LogP contribution is 2.15. The molecule has 1 rings (SSSR count). The third-order valence-electron chi connectivity index (χ3n) is 3.16. The Hall–Kier alpha value is -0.650. The second-order valence-electron chi connectivity index (χ2n) is 4.76. The summed E-state index contributed by atoms with van der Waals surface area (Å²) in [4.78, 5) is 13.7. The van der Waals surface area contributed by atoms with Crippen molar-refractivity contribution in [1.29, 1.82) is 0 Å². The Morgan fingerprint density at radius 1 is 1.59 bits per heavy atom. The maximum Gasteiger partial charge on any atom is 0.234 e. The molecule has 0 saturated carbocycles. The van der Waals surface area contributed by atoms with Gasteiger partial charge in [-0.3, -0.25) is 9.69 Å². The maximum absolute atomic E-state index is 11.6. The van der Waals surface area contributed by atoms with Crippen LogP contribution in [-0.2, 0) is 9.53 Å². The van der Waals surface area contributed by atoms with E-state index in [1.165, 1.54) is 0 Å². The van der Waals surface area contributed by atoms with Crippen molar-refractivity contribution in [1.82, 2.24) is 10.2 Å². The lowest BCUT2D eigenvalue weighted by molar-refractivity contribution is -0.123. The number of amides is 1. The monoisotopic (exact) mass is 244 g/mol. The number of piperidine rings is 1. The van der Waals surface area contributed by atoms with Crippen molar-refractivity contribution in [2.24, 2.45) is 5.92 Å². The first-order valence-electron chi connectivity index (χ1n) is 6.29. The lowest BCUT2D eigenvalue weighted by Crippen LogP contribution is -2.46. The highest BCUT2D eigenvalue weighted by molar-refractivity contribution is 5.77. The molecule has 1 amide bonds. The lowest BCUT2D eigenvalue weighted by atomic mass is 9.97. The molecule has 0 aromatic rings. The van der Waals surface area contributed by atoms with Crippen molar-refractivity contribution in [3.63, 3.8) is 0 Å². The average molecular weight is 244 g/mol. The van der Waals surface area contributed by atoms with E-state index in [0.29, 0.717) is 19.7 Å². The molecule has 1 heterocycles. The third kappa shape index (κ3) is 5.48. The number of carbonyl (C=O) groups is 1. The minimum absolute atomic E-state index is 0.0599. The van der Waals surface area contributed by atoms with E-state index in [2.05, 4.69) is 10.2 Å². The molecule has 0 radical (unpaired) electrons. The molecule has 100 valence electrons. The van der Waals surface area contributed by atoms with Gasteiger partial charge < -0.3 is 15.2 Å². The molecule has 17 heavy (non-hydrogen) atoms. The number of nitrogens with zero attached hydrogens (tertiary/aromatic N) is 1. The highest BCUT2D eigenvalue weighted by atomic mass is 16.5. The molecule has 0 aromatic heterocycles. The summed E-state index contributed by atoms with van der Waals surface area (Å²) in [7, 11) is 1.66. The molecule has 0 aliphatic carbocycles. The zero-order valence-electron chi connectivity index (χ0n) is 10.8. The molecule has 5 nitrogen and oxygen atoms in total. The highest BCUT2D eigenvalue weighted by Gasteiger charge is 2.24. The fraction of sp³-hybridized carbons (Fsp3) is 0.917. The van der Waals surface area contributed by atoms with Crippen LogP contribution in [0.1, 0.15) is 19.8 Å². The summed E-state index contributed by atoms with van der Waals surface area (Å²) >= 11 is 0. The summed E-state index contributed by atoms with van der Waals surface area (Å²) in [6, 6.07) is 0. The van der Waals surface area contributed by atoms with Gasteiger partial charge in [0.2, 0.25) is 5.91 Å². The van der Waals surface area contributed by atoms with E-state index in [9.17, 15) is 9.90 Å². The molecule has 1 fully saturated rings. The minimum atomic E-state index is -0.212. The average Bonchev–Trinajstić information content (AvgIpc) is 2.30. The smallest absolute Gasteiger partial charge is 0.234 e. The largest absolute Gasteiger partial charge is 0.393 e. The molecule has 1 saturated heterocycles. The topological polar surface area (TPSA) is 61.8 Å². The first-order chi connectivity index (χ1) is 8.13. The first kappa shape index (κ1) is 14.4. The van der Waals surface area contributed by atoms with Gasteiger partial charge in [0.1, 0.15) is 0 Å². The molecule has 0 bridgehead atoms. The van der Waals surface area contributed by atoms with Gasteiger partial charge in [0.05, 0.1) is 12.6 Å². The van der Waals surface area contributed by atoms with Crippen LogP contribution in [0.15, 0.2) is 0 Å². The number of hydrogen-bond acceptors (Lipinski definition) is 4. The number of aliphatic hydroxyl groups is 1. The number of aliphatic hydroxyl groups excluding tert-OH is 1.